The summed E-state index contributed by atoms with van der Waals surface area (Å²) < 4.78 is 11.5. The first-order valence-corrected chi connectivity index (χ1v) is 11.6. The van der Waals surface area contributed by atoms with E-state index in [4.69, 9.17) is 9.47 Å². The van der Waals surface area contributed by atoms with Crippen LogP contribution in [0.25, 0.3) is 0 Å². The third-order valence-corrected chi connectivity index (χ3v) is 6.01. The Bertz CT molecular complexity index is 1160. The monoisotopic (exact) mass is 482 g/mol. The number of aromatic nitrogens is 3. The highest BCUT2D eigenvalue weighted by atomic mass is 32.2. The molecule has 0 aliphatic heterocycles. The summed E-state index contributed by atoms with van der Waals surface area (Å²) in [6.07, 6.45) is 1.58. The molecule has 0 atom stereocenters. The molecule has 0 spiro atoms. The Hall–Kier alpha value is -3.66. The molecule has 0 aliphatic rings. The number of thioether (sulfide) groups is 1. The van der Waals surface area contributed by atoms with Crippen LogP contribution < -0.4 is 5.32 Å². The third kappa shape index (κ3) is 6.22. The summed E-state index contributed by atoms with van der Waals surface area (Å²) in [6, 6.07) is 14.4. The predicted molar refractivity (Wildman–Crippen MR) is 128 cm³/mol. The van der Waals surface area contributed by atoms with Crippen molar-refractivity contribution >= 4 is 35.3 Å². The van der Waals surface area contributed by atoms with Crippen LogP contribution in [0.3, 0.4) is 0 Å². The van der Waals surface area contributed by atoms with E-state index >= 15 is 0 Å². The summed E-state index contributed by atoms with van der Waals surface area (Å²) in [5.74, 6) is -0.685. The summed E-state index contributed by atoms with van der Waals surface area (Å²) in [4.78, 5) is 36.6. The van der Waals surface area contributed by atoms with Crippen LogP contribution in [-0.2, 0) is 33.7 Å². The van der Waals surface area contributed by atoms with Gasteiger partial charge in [0.25, 0.3) is 0 Å². The average Bonchev–Trinajstić information content (AvgIpc) is 3.27. The molecule has 178 valence electrons. The number of benzene rings is 2. The van der Waals surface area contributed by atoms with Crippen LogP contribution in [0.2, 0.25) is 0 Å². The van der Waals surface area contributed by atoms with Crippen LogP contribution in [0, 0.1) is 0 Å². The molecular formula is C24H26N4O5S. The number of anilines is 1. The number of aryl methyl sites for hydroxylation is 2. The van der Waals surface area contributed by atoms with Crippen molar-refractivity contribution in [3.05, 3.63) is 71.0 Å². The van der Waals surface area contributed by atoms with Gasteiger partial charge in [0.15, 0.2) is 5.16 Å². The maximum atomic E-state index is 12.7. The van der Waals surface area contributed by atoms with Gasteiger partial charge in [0, 0.05) is 13.0 Å². The zero-order chi connectivity index (χ0) is 24.5. The summed E-state index contributed by atoms with van der Waals surface area (Å²) in [5, 5.41) is 11.9. The van der Waals surface area contributed by atoms with Crippen molar-refractivity contribution in [3.8, 4) is 0 Å². The number of methoxy groups -OCH3 is 2. The molecule has 0 aliphatic carbocycles. The van der Waals surface area contributed by atoms with E-state index < -0.39 is 11.9 Å². The predicted octanol–water partition coefficient (Wildman–Crippen LogP) is 3.39. The fourth-order valence-electron chi connectivity index (χ4n) is 3.33. The van der Waals surface area contributed by atoms with E-state index in [2.05, 4.69) is 27.6 Å². The van der Waals surface area contributed by atoms with Gasteiger partial charge in [-0.25, -0.2) is 9.59 Å². The minimum absolute atomic E-state index is 0.0416. The van der Waals surface area contributed by atoms with Crippen LogP contribution in [-0.4, -0.2) is 52.6 Å². The molecule has 0 radical (unpaired) electrons. The lowest BCUT2D eigenvalue weighted by Crippen LogP contribution is -2.18. The van der Waals surface area contributed by atoms with Crippen LogP contribution in [0.15, 0.2) is 53.7 Å². The van der Waals surface area contributed by atoms with Crippen LogP contribution >= 0.6 is 11.8 Å². The van der Waals surface area contributed by atoms with Gasteiger partial charge in [0.1, 0.15) is 5.82 Å². The quantitative estimate of drug-likeness (QED) is 0.346. The molecule has 3 aromatic rings. The summed E-state index contributed by atoms with van der Waals surface area (Å²) in [6.45, 7) is 2.68. The molecule has 1 heterocycles. The number of carbonyl (C=O) groups excluding carboxylic acids is 3. The fourth-order valence-corrected chi connectivity index (χ4v) is 4.15. The zero-order valence-corrected chi connectivity index (χ0v) is 20.1. The molecule has 1 amide bonds. The van der Waals surface area contributed by atoms with E-state index in [1.54, 1.807) is 0 Å². The second-order valence-electron chi connectivity index (χ2n) is 7.21. The Morgan fingerprint density at radius 1 is 0.971 bits per heavy atom. The van der Waals surface area contributed by atoms with E-state index in [9.17, 15) is 14.4 Å². The first-order chi connectivity index (χ1) is 16.5. The van der Waals surface area contributed by atoms with E-state index in [1.807, 2.05) is 29.7 Å². The van der Waals surface area contributed by atoms with E-state index in [0.717, 1.165) is 18.7 Å². The summed E-state index contributed by atoms with van der Waals surface area (Å²) >= 11 is 1.25. The highest BCUT2D eigenvalue weighted by Gasteiger charge is 2.18. The number of nitrogens with one attached hydrogen (secondary N) is 1. The SMILES string of the molecule is CCn1c(CCc2ccccc2)nnc1SCC(=O)Nc1cc(C(=O)OC)ccc1C(=O)OC. The molecule has 9 nitrogen and oxygen atoms in total. The van der Waals surface area contributed by atoms with Crippen LogP contribution in [0.5, 0.6) is 0 Å². The van der Waals surface area contributed by atoms with Crippen molar-refractivity contribution < 1.29 is 23.9 Å². The fraction of sp³-hybridized carbons (Fsp3) is 0.292. The van der Waals surface area contributed by atoms with Crippen molar-refractivity contribution in [1.82, 2.24) is 14.8 Å². The molecule has 10 heteroatoms. The van der Waals surface area contributed by atoms with Gasteiger partial charge in [-0.1, -0.05) is 42.1 Å². The lowest BCUT2D eigenvalue weighted by atomic mass is 10.1. The molecule has 0 saturated carbocycles. The van der Waals surface area contributed by atoms with Gasteiger partial charge in [0.05, 0.1) is 36.8 Å². The Morgan fingerprint density at radius 3 is 2.38 bits per heavy atom. The minimum atomic E-state index is -0.631. The second kappa shape index (κ2) is 12.0. The van der Waals surface area contributed by atoms with Crippen molar-refractivity contribution in [2.24, 2.45) is 0 Å². The number of amides is 1. The molecule has 0 bridgehead atoms. The van der Waals surface area contributed by atoms with Gasteiger partial charge in [0.2, 0.25) is 5.91 Å². The molecule has 0 fully saturated rings. The number of rotatable bonds is 10. The number of esters is 2. The normalized spacial score (nSPS) is 10.6. The van der Waals surface area contributed by atoms with Gasteiger partial charge in [-0.15, -0.1) is 10.2 Å². The first kappa shape index (κ1) is 25.0. The maximum absolute atomic E-state index is 12.7. The topological polar surface area (TPSA) is 112 Å². The van der Waals surface area contributed by atoms with E-state index in [1.165, 1.54) is 49.7 Å². The third-order valence-electron chi connectivity index (χ3n) is 5.04. The smallest absolute Gasteiger partial charge is 0.339 e. The van der Waals surface area contributed by atoms with Gasteiger partial charge >= 0.3 is 11.9 Å². The molecule has 1 N–H and O–H groups in total. The standard InChI is InChI=1S/C24H26N4O5S/c1-4-28-20(13-10-16-8-6-5-7-9-16)26-27-24(28)34-15-21(29)25-19-14-17(22(30)32-2)11-12-18(19)23(31)33-3/h5-9,11-12,14H,4,10,13,15H2,1-3H3,(H,25,29). The van der Waals surface area contributed by atoms with Crippen molar-refractivity contribution in [1.29, 1.82) is 0 Å². The number of carbonyl (C=O) groups is 3. The number of nitrogens with zero attached hydrogens (tertiary/aromatic N) is 3. The summed E-state index contributed by atoms with van der Waals surface area (Å²) in [7, 11) is 2.49. The van der Waals surface area contributed by atoms with E-state index in [0.29, 0.717) is 11.7 Å². The van der Waals surface area contributed by atoms with Crippen LogP contribution in [0.1, 0.15) is 39.0 Å². The van der Waals surface area contributed by atoms with Gasteiger partial charge in [-0.3, -0.25) is 4.79 Å². The van der Waals surface area contributed by atoms with Gasteiger partial charge in [-0.2, -0.15) is 0 Å². The zero-order valence-electron chi connectivity index (χ0n) is 19.2. The highest BCUT2D eigenvalue weighted by Crippen LogP contribution is 2.22. The first-order valence-electron chi connectivity index (χ1n) is 10.7. The highest BCUT2D eigenvalue weighted by molar-refractivity contribution is 7.99. The Labute approximate surface area is 201 Å². The lowest BCUT2D eigenvalue weighted by Gasteiger charge is -2.11. The number of hydrogen-bond donors (Lipinski definition) is 1. The second-order valence-corrected chi connectivity index (χ2v) is 8.15. The molecule has 2 aromatic carbocycles. The molecule has 0 saturated heterocycles. The van der Waals surface area contributed by atoms with Gasteiger partial charge < -0.3 is 19.4 Å². The molecular weight excluding hydrogens is 456 g/mol. The molecule has 34 heavy (non-hydrogen) atoms. The molecule has 3 rings (SSSR count). The Morgan fingerprint density at radius 2 is 1.71 bits per heavy atom. The maximum Gasteiger partial charge on any atom is 0.339 e. The number of hydrogen-bond acceptors (Lipinski definition) is 8. The Kier molecular flexibility index (Phi) is 8.80. The van der Waals surface area contributed by atoms with E-state index in [-0.39, 0.29) is 28.5 Å². The van der Waals surface area contributed by atoms with Gasteiger partial charge in [-0.05, 0) is 37.1 Å². The van der Waals surface area contributed by atoms with Crippen LogP contribution in [0.4, 0.5) is 5.69 Å². The minimum Gasteiger partial charge on any atom is -0.465 e. The molecule has 0 unspecified atom stereocenters. The Balaban J connectivity index is 1.67. The lowest BCUT2D eigenvalue weighted by molar-refractivity contribution is -0.113. The number of ether oxygens (including phenoxy) is 2. The summed E-state index contributed by atoms with van der Waals surface area (Å²) in [5.41, 5.74) is 1.72. The van der Waals surface area contributed by atoms with Crippen molar-refractivity contribution in [3.63, 3.8) is 0 Å². The van der Waals surface area contributed by atoms with Crippen molar-refractivity contribution in [2.45, 2.75) is 31.5 Å². The average molecular weight is 483 g/mol. The largest absolute Gasteiger partial charge is 0.465 e. The molecule has 1 aromatic heterocycles. The van der Waals surface area contributed by atoms with Crippen molar-refractivity contribution in [2.75, 3.05) is 25.3 Å².